The molecule has 0 saturated carbocycles. The number of benzene rings is 1. The molecule has 1 unspecified atom stereocenters. The Morgan fingerprint density at radius 1 is 1.38 bits per heavy atom. The molecule has 0 bridgehead atoms. The van der Waals surface area contributed by atoms with Gasteiger partial charge in [0.25, 0.3) is 0 Å². The Hall–Kier alpha value is -0.860. The molecule has 1 N–H and O–H groups in total. The normalized spacial score (nSPS) is 15.1. The van der Waals surface area contributed by atoms with Crippen LogP contribution >= 0.6 is 0 Å². The summed E-state index contributed by atoms with van der Waals surface area (Å²) in [6.45, 7) is 7.60. The smallest absolute Gasteiger partial charge is 0.0743 e. The van der Waals surface area contributed by atoms with Gasteiger partial charge in [-0.15, -0.1) is 0 Å². The van der Waals surface area contributed by atoms with E-state index in [9.17, 15) is 5.11 Å². The van der Waals surface area contributed by atoms with E-state index >= 15 is 0 Å². The van der Waals surface area contributed by atoms with Gasteiger partial charge in [-0.25, -0.2) is 0 Å². The molecule has 1 aromatic rings. The van der Waals surface area contributed by atoms with E-state index in [1.54, 1.807) is 0 Å². The van der Waals surface area contributed by atoms with Crippen LogP contribution in [0, 0.1) is 6.92 Å². The van der Waals surface area contributed by atoms with Gasteiger partial charge in [0, 0.05) is 13.1 Å². The summed E-state index contributed by atoms with van der Waals surface area (Å²) in [6, 6.07) is 8.50. The lowest BCUT2D eigenvalue weighted by atomic mass is 10.0. The van der Waals surface area contributed by atoms with Gasteiger partial charge in [-0.3, -0.25) is 4.90 Å². The fraction of sp³-hybridized carbons (Fsp3) is 0.571. The van der Waals surface area contributed by atoms with Gasteiger partial charge in [-0.05, 0) is 32.9 Å². The molecule has 0 aliphatic heterocycles. The monoisotopic (exact) mass is 221 g/mol. The molecule has 2 nitrogen and oxygen atoms in total. The van der Waals surface area contributed by atoms with Crippen molar-refractivity contribution in [3.8, 4) is 0 Å². The minimum atomic E-state index is -0.585. The lowest BCUT2D eigenvalue weighted by Crippen LogP contribution is -2.38. The van der Waals surface area contributed by atoms with Crippen molar-refractivity contribution < 1.29 is 5.11 Å². The maximum atomic E-state index is 9.98. The Morgan fingerprint density at radius 2 is 2.06 bits per heavy atom. The van der Waals surface area contributed by atoms with E-state index in [1.807, 2.05) is 20.9 Å². The minimum Gasteiger partial charge on any atom is -0.389 e. The second kappa shape index (κ2) is 5.46. The SMILES string of the molecule is CCC(C)(O)CN(C)Cc1cccc(C)c1. The van der Waals surface area contributed by atoms with E-state index in [1.165, 1.54) is 11.1 Å². The average molecular weight is 221 g/mol. The maximum Gasteiger partial charge on any atom is 0.0743 e. The Balaban J connectivity index is 2.55. The van der Waals surface area contributed by atoms with Gasteiger partial charge in [0.15, 0.2) is 0 Å². The second-order valence-electron chi connectivity index (χ2n) is 5.01. The quantitative estimate of drug-likeness (QED) is 0.826. The number of likely N-dealkylation sites (N-methyl/N-ethyl adjacent to an activating group) is 1. The lowest BCUT2D eigenvalue weighted by Gasteiger charge is -2.28. The second-order valence-corrected chi connectivity index (χ2v) is 5.01. The molecule has 90 valence electrons. The Bertz CT molecular complexity index is 333. The van der Waals surface area contributed by atoms with Crippen LogP contribution in [0.15, 0.2) is 24.3 Å². The Labute approximate surface area is 98.9 Å². The third-order valence-electron chi connectivity index (χ3n) is 2.91. The van der Waals surface area contributed by atoms with E-state index in [0.29, 0.717) is 6.54 Å². The van der Waals surface area contributed by atoms with Crippen LogP contribution in [0.3, 0.4) is 0 Å². The van der Waals surface area contributed by atoms with Gasteiger partial charge in [-0.1, -0.05) is 36.8 Å². The first-order valence-corrected chi connectivity index (χ1v) is 5.89. The van der Waals surface area contributed by atoms with E-state index in [-0.39, 0.29) is 0 Å². The minimum absolute atomic E-state index is 0.585. The van der Waals surface area contributed by atoms with Crippen molar-refractivity contribution in [1.82, 2.24) is 4.90 Å². The van der Waals surface area contributed by atoms with E-state index in [4.69, 9.17) is 0 Å². The Kier molecular flexibility index (Phi) is 4.51. The largest absolute Gasteiger partial charge is 0.389 e. The predicted molar refractivity (Wildman–Crippen MR) is 68.4 cm³/mol. The molecule has 0 fully saturated rings. The van der Waals surface area contributed by atoms with Gasteiger partial charge in [-0.2, -0.15) is 0 Å². The Morgan fingerprint density at radius 3 is 2.62 bits per heavy atom. The van der Waals surface area contributed by atoms with Crippen molar-refractivity contribution in [3.05, 3.63) is 35.4 Å². The molecule has 0 radical (unpaired) electrons. The van der Waals surface area contributed by atoms with Crippen molar-refractivity contribution >= 4 is 0 Å². The third-order valence-corrected chi connectivity index (χ3v) is 2.91. The molecule has 0 spiro atoms. The molecule has 0 amide bonds. The molecule has 0 aromatic heterocycles. The first-order chi connectivity index (χ1) is 7.43. The van der Waals surface area contributed by atoms with E-state index in [0.717, 1.165) is 13.0 Å². The molecule has 0 aliphatic carbocycles. The molecule has 0 aliphatic rings. The van der Waals surface area contributed by atoms with Crippen molar-refractivity contribution in [2.45, 2.75) is 39.3 Å². The number of rotatable bonds is 5. The van der Waals surface area contributed by atoms with Gasteiger partial charge in [0.05, 0.1) is 5.60 Å². The highest BCUT2D eigenvalue weighted by Gasteiger charge is 2.19. The molecule has 1 aromatic carbocycles. The number of hydrogen-bond donors (Lipinski definition) is 1. The summed E-state index contributed by atoms with van der Waals surface area (Å²) < 4.78 is 0. The first-order valence-electron chi connectivity index (χ1n) is 5.89. The topological polar surface area (TPSA) is 23.5 Å². The van der Waals surface area contributed by atoms with Crippen LogP contribution in [0.5, 0.6) is 0 Å². The summed E-state index contributed by atoms with van der Waals surface area (Å²) in [4.78, 5) is 2.16. The average Bonchev–Trinajstić information content (AvgIpc) is 2.16. The summed E-state index contributed by atoms with van der Waals surface area (Å²) in [6.07, 6.45) is 0.783. The van der Waals surface area contributed by atoms with Crippen LogP contribution in [0.1, 0.15) is 31.4 Å². The van der Waals surface area contributed by atoms with Crippen molar-refractivity contribution in [3.63, 3.8) is 0 Å². The molecular formula is C14H23NO. The fourth-order valence-corrected chi connectivity index (χ4v) is 1.87. The maximum absolute atomic E-state index is 9.98. The van der Waals surface area contributed by atoms with Crippen molar-refractivity contribution in [1.29, 1.82) is 0 Å². The van der Waals surface area contributed by atoms with Crippen LogP contribution in [0.4, 0.5) is 0 Å². The zero-order valence-corrected chi connectivity index (χ0v) is 10.8. The summed E-state index contributed by atoms with van der Waals surface area (Å²) in [5, 5.41) is 9.98. The molecule has 0 heterocycles. The van der Waals surface area contributed by atoms with Gasteiger partial charge >= 0.3 is 0 Å². The van der Waals surface area contributed by atoms with Crippen LogP contribution in [-0.2, 0) is 6.54 Å². The summed E-state index contributed by atoms with van der Waals surface area (Å²) in [5.41, 5.74) is 2.00. The summed E-state index contributed by atoms with van der Waals surface area (Å²) in [7, 11) is 2.05. The third kappa shape index (κ3) is 4.33. The van der Waals surface area contributed by atoms with Crippen LogP contribution in [0.25, 0.3) is 0 Å². The number of aryl methyl sites for hydroxylation is 1. The summed E-state index contributed by atoms with van der Waals surface area (Å²) >= 11 is 0. The van der Waals surface area contributed by atoms with Gasteiger partial charge < -0.3 is 5.11 Å². The number of aliphatic hydroxyl groups is 1. The van der Waals surface area contributed by atoms with Crippen LogP contribution in [-0.4, -0.2) is 29.2 Å². The first kappa shape index (κ1) is 13.2. The highest BCUT2D eigenvalue weighted by Crippen LogP contribution is 2.12. The zero-order valence-electron chi connectivity index (χ0n) is 10.8. The number of nitrogens with zero attached hydrogens (tertiary/aromatic N) is 1. The predicted octanol–water partition coefficient (Wildman–Crippen LogP) is 2.59. The van der Waals surface area contributed by atoms with Gasteiger partial charge in [0.1, 0.15) is 0 Å². The molecule has 16 heavy (non-hydrogen) atoms. The van der Waals surface area contributed by atoms with Crippen LogP contribution < -0.4 is 0 Å². The molecule has 2 heteroatoms. The molecule has 1 atom stereocenters. The van der Waals surface area contributed by atoms with Gasteiger partial charge in [0.2, 0.25) is 0 Å². The highest BCUT2D eigenvalue weighted by atomic mass is 16.3. The fourth-order valence-electron chi connectivity index (χ4n) is 1.87. The molecule has 1 rings (SSSR count). The lowest BCUT2D eigenvalue weighted by molar-refractivity contribution is 0.0218. The molecular weight excluding hydrogens is 198 g/mol. The van der Waals surface area contributed by atoms with Crippen molar-refractivity contribution in [2.24, 2.45) is 0 Å². The molecule has 0 saturated heterocycles. The standard InChI is InChI=1S/C14H23NO/c1-5-14(3,16)11-15(4)10-13-8-6-7-12(2)9-13/h6-9,16H,5,10-11H2,1-4H3. The number of hydrogen-bond acceptors (Lipinski definition) is 2. The van der Waals surface area contributed by atoms with E-state index in [2.05, 4.69) is 36.1 Å². The summed E-state index contributed by atoms with van der Waals surface area (Å²) in [5.74, 6) is 0. The van der Waals surface area contributed by atoms with E-state index < -0.39 is 5.60 Å². The zero-order chi connectivity index (χ0) is 12.2. The van der Waals surface area contributed by atoms with Crippen LogP contribution in [0.2, 0.25) is 0 Å². The van der Waals surface area contributed by atoms with Crippen molar-refractivity contribution in [2.75, 3.05) is 13.6 Å². The highest BCUT2D eigenvalue weighted by molar-refractivity contribution is 5.22.